The van der Waals surface area contributed by atoms with E-state index in [1.807, 2.05) is 34.6 Å². The zero-order valence-electron chi connectivity index (χ0n) is 18.3. The van der Waals surface area contributed by atoms with Crippen molar-refractivity contribution >= 4 is 23.6 Å². The monoisotopic (exact) mass is 412 g/mol. The fraction of sp³-hybridized carbons (Fsp3) is 0.810. The number of rotatable bonds is 6. The van der Waals surface area contributed by atoms with E-state index in [-0.39, 0.29) is 36.7 Å². The van der Waals surface area contributed by atoms with E-state index in [1.165, 1.54) is 0 Å². The van der Waals surface area contributed by atoms with Crippen molar-refractivity contribution in [3.05, 3.63) is 0 Å². The lowest BCUT2D eigenvalue weighted by Gasteiger charge is -2.24. The molecule has 1 saturated heterocycles. The van der Waals surface area contributed by atoms with E-state index in [9.17, 15) is 19.2 Å². The van der Waals surface area contributed by atoms with Crippen molar-refractivity contribution in [1.82, 2.24) is 10.6 Å². The van der Waals surface area contributed by atoms with Crippen molar-refractivity contribution in [3.8, 4) is 0 Å². The summed E-state index contributed by atoms with van der Waals surface area (Å²) in [7, 11) is 0. The first kappa shape index (κ1) is 25.1. The average molecular weight is 413 g/mol. The van der Waals surface area contributed by atoms with Crippen molar-refractivity contribution in [3.63, 3.8) is 0 Å². The molecular weight excluding hydrogens is 376 g/mol. The Morgan fingerprint density at radius 1 is 1.21 bits per heavy atom. The number of amides is 2. The molecule has 0 aliphatic carbocycles. The summed E-state index contributed by atoms with van der Waals surface area (Å²) in [5, 5.41) is 5.16. The maximum atomic E-state index is 12.9. The predicted octanol–water partition coefficient (Wildman–Crippen LogP) is 2.24. The summed E-state index contributed by atoms with van der Waals surface area (Å²) in [5.41, 5.74) is -0.188. The summed E-state index contributed by atoms with van der Waals surface area (Å²) in [6, 6.07) is -0.778. The van der Waals surface area contributed by atoms with Crippen LogP contribution in [0.25, 0.3) is 0 Å². The molecular formula is C21H36N2O6. The summed E-state index contributed by atoms with van der Waals surface area (Å²) in [4.78, 5) is 49.6. The number of carbonyl (C=O) groups excluding carboxylic acids is 4. The Hall–Kier alpha value is -1.96. The summed E-state index contributed by atoms with van der Waals surface area (Å²) < 4.78 is 10.6. The van der Waals surface area contributed by atoms with E-state index in [0.29, 0.717) is 26.1 Å². The van der Waals surface area contributed by atoms with Crippen LogP contribution in [0.5, 0.6) is 0 Å². The van der Waals surface area contributed by atoms with Gasteiger partial charge in [-0.2, -0.15) is 0 Å². The van der Waals surface area contributed by atoms with Crippen LogP contribution in [0.4, 0.5) is 4.79 Å². The van der Waals surface area contributed by atoms with Crippen LogP contribution in [0.2, 0.25) is 0 Å². The van der Waals surface area contributed by atoms with Crippen molar-refractivity contribution in [2.75, 3.05) is 26.4 Å². The molecule has 0 aromatic heterocycles. The van der Waals surface area contributed by atoms with Crippen molar-refractivity contribution < 1.29 is 28.7 Å². The third-order valence-corrected chi connectivity index (χ3v) is 4.59. The Labute approximate surface area is 173 Å². The second-order valence-corrected chi connectivity index (χ2v) is 9.10. The molecule has 166 valence electrons. The molecule has 0 bridgehead atoms. The molecule has 29 heavy (non-hydrogen) atoms. The van der Waals surface area contributed by atoms with Crippen molar-refractivity contribution in [1.29, 1.82) is 0 Å². The molecule has 1 heterocycles. The zero-order valence-corrected chi connectivity index (χ0v) is 18.3. The first-order valence-electron chi connectivity index (χ1n) is 10.4. The van der Waals surface area contributed by atoms with E-state index in [0.717, 1.165) is 6.42 Å². The van der Waals surface area contributed by atoms with Gasteiger partial charge in [0, 0.05) is 25.5 Å². The molecule has 1 aliphatic heterocycles. The van der Waals surface area contributed by atoms with Crippen LogP contribution in [-0.2, 0) is 23.9 Å². The van der Waals surface area contributed by atoms with Gasteiger partial charge in [-0.25, -0.2) is 4.79 Å². The highest BCUT2D eigenvalue weighted by molar-refractivity contribution is 6.37. The van der Waals surface area contributed by atoms with Gasteiger partial charge in [-0.1, -0.05) is 41.0 Å². The topological polar surface area (TPSA) is 111 Å². The fourth-order valence-electron chi connectivity index (χ4n) is 2.97. The first-order valence-corrected chi connectivity index (χ1v) is 10.4. The van der Waals surface area contributed by atoms with Gasteiger partial charge in [0.15, 0.2) is 5.78 Å². The number of ketones is 2. The van der Waals surface area contributed by atoms with Gasteiger partial charge in [-0.3, -0.25) is 14.4 Å². The third kappa shape index (κ3) is 9.87. The number of Topliss-reactive ketones (excluding diaryl/α,β-unsaturated/α-hetero) is 2. The zero-order chi connectivity index (χ0) is 22.0. The predicted molar refractivity (Wildman–Crippen MR) is 108 cm³/mol. The van der Waals surface area contributed by atoms with Crippen LogP contribution in [0.1, 0.15) is 60.3 Å². The molecule has 8 nitrogen and oxygen atoms in total. The van der Waals surface area contributed by atoms with E-state index in [1.54, 1.807) is 0 Å². The van der Waals surface area contributed by atoms with Gasteiger partial charge in [-0.05, 0) is 24.2 Å². The van der Waals surface area contributed by atoms with Gasteiger partial charge in [0.2, 0.25) is 5.78 Å². The van der Waals surface area contributed by atoms with E-state index < -0.39 is 29.7 Å². The normalized spacial score (nSPS) is 20.4. The molecule has 1 rings (SSSR count). The Kier molecular flexibility index (Phi) is 10.3. The van der Waals surface area contributed by atoms with Crippen molar-refractivity contribution in [2.24, 2.45) is 17.3 Å². The Bertz CT molecular complexity index is 582. The van der Waals surface area contributed by atoms with Crippen LogP contribution in [-0.4, -0.2) is 56.0 Å². The summed E-state index contributed by atoms with van der Waals surface area (Å²) in [6.45, 7) is 10.9. The van der Waals surface area contributed by atoms with Crippen LogP contribution >= 0.6 is 0 Å². The smallest absolute Gasteiger partial charge is 0.407 e. The maximum absolute atomic E-state index is 12.9. The number of ether oxygens (including phenoxy) is 2. The second kappa shape index (κ2) is 11.9. The lowest BCUT2D eigenvalue weighted by molar-refractivity contribution is -0.141. The summed E-state index contributed by atoms with van der Waals surface area (Å²) in [5.74, 6) is -2.42. The molecule has 2 N–H and O–H groups in total. The van der Waals surface area contributed by atoms with Crippen molar-refractivity contribution in [2.45, 2.75) is 66.3 Å². The molecule has 2 atom stereocenters. The lowest BCUT2D eigenvalue weighted by Crippen LogP contribution is -2.46. The highest BCUT2D eigenvalue weighted by Crippen LogP contribution is 2.19. The van der Waals surface area contributed by atoms with Crippen LogP contribution < -0.4 is 10.6 Å². The SMILES string of the molecule is CC(C)C(NC(=O)OCC(C)(C)C)C(=O)CC1CCCCOCCNC(=O)C1=O. The molecule has 0 saturated carbocycles. The quantitative estimate of drug-likeness (QED) is 0.647. The Morgan fingerprint density at radius 2 is 1.90 bits per heavy atom. The van der Waals surface area contributed by atoms with E-state index >= 15 is 0 Å². The van der Waals surface area contributed by atoms with Gasteiger partial charge in [-0.15, -0.1) is 0 Å². The highest BCUT2D eigenvalue weighted by Gasteiger charge is 2.32. The van der Waals surface area contributed by atoms with Gasteiger partial charge >= 0.3 is 6.09 Å². The Morgan fingerprint density at radius 3 is 2.52 bits per heavy atom. The third-order valence-electron chi connectivity index (χ3n) is 4.59. The molecule has 8 heteroatoms. The fourth-order valence-corrected chi connectivity index (χ4v) is 2.97. The molecule has 0 aromatic rings. The highest BCUT2D eigenvalue weighted by atomic mass is 16.5. The minimum absolute atomic E-state index is 0.0878. The number of alkyl carbamates (subject to hydrolysis) is 1. The maximum Gasteiger partial charge on any atom is 0.407 e. The average Bonchev–Trinajstić information content (AvgIpc) is 2.66. The van der Waals surface area contributed by atoms with Gasteiger partial charge in [0.1, 0.15) is 0 Å². The summed E-state index contributed by atoms with van der Waals surface area (Å²) in [6.07, 6.45) is 1.13. The number of hydrogen-bond donors (Lipinski definition) is 2. The van der Waals surface area contributed by atoms with Crippen LogP contribution in [0.3, 0.4) is 0 Å². The molecule has 1 aliphatic rings. The van der Waals surface area contributed by atoms with Crippen LogP contribution in [0.15, 0.2) is 0 Å². The van der Waals surface area contributed by atoms with Gasteiger partial charge < -0.3 is 20.1 Å². The molecule has 0 radical (unpaired) electrons. The number of carbonyl (C=O) groups is 4. The second-order valence-electron chi connectivity index (χ2n) is 9.10. The first-order chi connectivity index (χ1) is 13.5. The molecule has 2 amide bonds. The molecule has 2 unspecified atom stereocenters. The lowest BCUT2D eigenvalue weighted by atomic mass is 9.87. The van der Waals surface area contributed by atoms with Crippen LogP contribution in [0, 0.1) is 17.3 Å². The number of hydrogen-bond acceptors (Lipinski definition) is 6. The van der Waals surface area contributed by atoms with Gasteiger partial charge in [0.25, 0.3) is 5.91 Å². The largest absolute Gasteiger partial charge is 0.449 e. The summed E-state index contributed by atoms with van der Waals surface area (Å²) >= 11 is 0. The molecule has 1 fully saturated rings. The minimum atomic E-state index is -0.778. The van der Waals surface area contributed by atoms with E-state index in [2.05, 4.69) is 10.6 Å². The molecule has 0 spiro atoms. The molecule has 0 aromatic carbocycles. The van der Waals surface area contributed by atoms with E-state index in [4.69, 9.17) is 9.47 Å². The number of nitrogens with one attached hydrogen (secondary N) is 2. The Balaban J connectivity index is 2.77. The standard InChI is InChI=1S/C21H36N2O6/c1-14(2)17(23-20(27)29-13-21(3,4)5)16(24)12-15-8-6-7-10-28-11-9-22-19(26)18(15)25/h14-15,17H,6-13H2,1-5H3,(H,22,26)(H,23,27). The minimum Gasteiger partial charge on any atom is -0.449 e. The van der Waals surface area contributed by atoms with Gasteiger partial charge in [0.05, 0.1) is 19.3 Å².